The maximum atomic E-state index is 13.0. The molecule has 1 amide bonds. The maximum absolute atomic E-state index is 13.0. The zero-order valence-electron chi connectivity index (χ0n) is 13.8. The SMILES string of the molecule is NC[C@H]1CC[C@@H](C(=O)N(CCc2ccccc2)C2CCCC2)O1. The van der Waals surface area contributed by atoms with E-state index in [0.717, 1.165) is 38.6 Å². The van der Waals surface area contributed by atoms with Crippen molar-refractivity contribution in [3.8, 4) is 0 Å². The molecule has 0 aromatic heterocycles. The van der Waals surface area contributed by atoms with Crippen molar-refractivity contribution in [3.05, 3.63) is 35.9 Å². The predicted octanol–water partition coefficient (Wildman–Crippen LogP) is 2.51. The Bertz CT molecular complexity index is 499. The molecule has 23 heavy (non-hydrogen) atoms. The Labute approximate surface area is 139 Å². The third-order valence-corrected chi connectivity index (χ3v) is 5.18. The van der Waals surface area contributed by atoms with Crippen molar-refractivity contribution in [2.24, 2.45) is 5.73 Å². The van der Waals surface area contributed by atoms with Crippen LogP contribution in [0.5, 0.6) is 0 Å². The van der Waals surface area contributed by atoms with Gasteiger partial charge >= 0.3 is 0 Å². The number of nitrogens with zero attached hydrogens (tertiary/aromatic N) is 1. The molecule has 1 saturated carbocycles. The number of rotatable bonds is 6. The van der Waals surface area contributed by atoms with E-state index in [0.29, 0.717) is 12.6 Å². The van der Waals surface area contributed by atoms with Gasteiger partial charge in [-0.2, -0.15) is 0 Å². The van der Waals surface area contributed by atoms with Crippen LogP contribution in [0.15, 0.2) is 30.3 Å². The number of carbonyl (C=O) groups excluding carboxylic acids is 1. The Balaban J connectivity index is 1.64. The number of hydrogen-bond donors (Lipinski definition) is 1. The van der Waals surface area contributed by atoms with Crippen LogP contribution in [-0.2, 0) is 16.0 Å². The lowest BCUT2D eigenvalue weighted by atomic mass is 10.1. The molecule has 1 saturated heterocycles. The molecule has 1 aliphatic carbocycles. The maximum Gasteiger partial charge on any atom is 0.251 e. The normalized spacial score (nSPS) is 24.9. The first-order valence-corrected chi connectivity index (χ1v) is 8.98. The van der Waals surface area contributed by atoms with Gasteiger partial charge in [0.15, 0.2) is 0 Å². The van der Waals surface area contributed by atoms with E-state index < -0.39 is 0 Å². The molecule has 1 aliphatic heterocycles. The van der Waals surface area contributed by atoms with Gasteiger partial charge in [-0.05, 0) is 37.7 Å². The molecule has 1 aromatic carbocycles. The molecule has 1 heterocycles. The highest BCUT2D eigenvalue weighted by Crippen LogP contribution is 2.27. The van der Waals surface area contributed by atoms with Crippen molar-refractivity contribution in [1.29, 1.82) is 0 Å². The summed E-state index contributed by atoms with van der Waals surface area (Å²) in [4.78, 5) is 15.1. The Hall–Kier alpha value is -1.39. The third kappa shape index (κ3) is 4.12. The summed E-state index contributed by atoms with van der Waals surface area (Å²) in [6, 6.07) is 10.8. The van der Waals surface area contributed by atoms with Crippen LogP contribution in [0.3, 0.4) is 0 Å². The first kappa shape index (κ1) is 16.5. The number of amides is 1. The van der Waals surface area contributed by atoms with E-state index in [2.05, 4.69) is 29.2 Å². The molecule has 3 rings (SSSR count). The Morgan fingerprint density at radius 1 is 1.13 bits per heavy atom. The fourth-order valence-corrected chi connectivity index (χ4v) is 3.83. The number of nitrogens with two attached hydrogens (primary N) is 1. The van der Waals surface area contributed by atoms with Crippen LogP contribution in [0.25, 0.3) is 0 Å². The van der Waals surface area contributed by atoms with Crippen LogP contribution >= 0.6 is 0 Å². The lowest BCUT2D eigenvalue weighted by molar-refractivity contribution is -0.145. The second-order valence-corrected chi connectivity index (χ2v) is 6.77. The van der Waals surface area contributed by atoms with Crippen LogP contribution in [0, 0.1) is 0 Å². The number of carbonyl (C=O) groups is 1. The summed E-state index contributed by atoms with van der Waals surface area (Å²) in [6.07, 6.45) is 7.15. The molecule has 4 nitrogen and oxygen atoms in total. The minimum absolute atomic E-state index is 0.0588. The minimum Gasteiger partial charge on any atom is -0.364 e. The average Bonchev–Trinajstić information content (AvgIpc) is 3.27. The summed E-state index contributed by atoms with van der Waals surface area (Å²) in [5, 5.41) is 0. The van der Waals surface area contributed by atoms with Gasteiger partial charge in [0.25, 0.3) is 5.91 Å². The van der Waals surface area contributed by atoms with Crippen LogP contribution in [-0.4, -0.2) is 42.1 Å². The van der Waals surface area contributed by atoms with E-state index in [1.54, 1.807) is 0 Å². The lowest BCUT2D eigenvalue weighted by Crippen LogP contribution is -2.45. The molecule has 0 bridgehead atoms. The quantitative estimate of drug-likeness (QED) is 0.877. The van der Waals surface area contributed by atoms with E-state index in [4.69, 9.17) is 10.5 Å². The molecular formula is C19H28N2O2. The topological polar surface area (TPSA) is 55.6 Å². The number of hydrogen-bond acceptors (Lipinski definition) is 3. The second kappa shape index (κ2) is 7.93. The summed E-state index contributed by atoms with van der Waals surface area (Å²) in [5.74, 6) is 0.184. The zero-order chi connectivity index (χ0) is 16.1. The molecule has 0 spiro atoms. The van der Waals surface area contributed by atoms with Gasteiger partial charge in [0.05, 0.1) is 6.10 Å². The summed E-state index contributed by atoms with van der Waals surface area (Å²) < 4.78 is 5.85. The van der Waals surface area contributed by atoms with Gasteiger partial charge in [0, 0.05) is 19.1 Å². The Kier molecular flexibility index (Phi) is 5.68. The van der Waals surface area contributed by atoms with Gasteiger partial charge in [-0.3, -0.25) is 4.79 Å². The first-order chi connectivity index (χ1) is 11.3. The Morgan fingerprint density at radius 2 is 1.87 bits per heavy atom. The van der Waals surface area contributed by atoms with Gasteiger partial charge in [-0.15, -0.1) is 0 Å². The summed E-state index contributed by atoms with van der Waals surface area (Å²) in [6.45, 7) is 1.30. The largest absolute Gasteiger partial charge is 0.364 e. The summed E-state index contributed by atoms with van der Waals surface area (Å²) in [5.41, 5.74) is 6.97. The highest BCUT2D eigenvalue weighted by Gasteiger charge is 2.36. The van der Waals surface area contributed by atoms with Gasteiger partial charge in [-0.25, -0.2) is 0 Å². The molecule has 126 valence electrons. The summed E-state index contributed by atoms with van der Waals surface area (Å²) in [7, 11) is 0. The Morgan fingerprint density at radius 3 is 2.52 bits per heavy atom. The van der Waals surface area contributed by atoms with Crippen molar-refractivity contribution in [2.75, 3.05) is 13.1 Å². The third-order valence-electron chi connectivity index (χ3n) is 5.18. The highest BCUT2D eigenvalue weighted by molar-refractivity contribution is 5.81. The van der Waals surface area contributed by atoms with Crippen LogP contribution in [0.1, 0.15) is 44.1 Å². The highest BCUT2D eigenvalue weighted by atomic mass is 16.5. The molecule has 0 unspecified atom stereocenters. The molecule has 1 aromatic rings. The monoisotopic (exact) mass is 316 g/mol. The fraction of sp³-hybridized carbons (Fsp3) is 0.632. The van der Waals surface area contributed by atoms with Crippen LogP contribution in [0.2, 0.25) is 0 Å². The lowest BCUT2D eigenvalue weighted by Gasteiger charge is -2.31. The molecule has 2 atom stereocenters. The second-order valence-electron chi connectivity index (χ2n) is 6.77. The van der Waals surface area contributed by atoms with Crippen molar-refractivity contribution >= 4 is 5.91 Å². The van der Waals surface area contributed by atoms with Crippen LogP contribution < -0.4 is 5.73 Å². The fourth-order valence-electron chi connectivity index (χ4n) is 3.83. The zero-order valence-corrected chi connectivity index (χ0v) is 13.8. The van der Waals surface area contributed by atoms with Crippen LogP contribution in [0.4, 0.5) is 0 Å². The molecular weight excluding hydrogens is 288 g/mol. The van der Waals surface area contributed by atoms with Crippen molar-refractivity contribution in [1.82, 2.24) is 4.90 Å². The van der Waals surface area contributed by atoms with E-state index >= 15 is 0 Å². The standard InChI is InChI=1S/C19H28N2O2/c20-14-17-10-11-18(23-17)19(22)21(16-8-4-5-9-16)13-12-15-6-2-1-3-7-15/h1-3,6-7,16-18H,4-5,8-14,20H2/t17-,18+/m1/s1. The van der Waals surface area contributed by atoms with E-state index in [1.165, 1.54) is 18.4 Å². The minimum atomic E-state index is -0.278. The molecule has 2 N–H and O–H groups in total. The van der Waals surface area contributed by atoms with Gasteiger partial charge in [0.2, 0.25) is 0 Å². The van der Waals surface area contributed by atoms with Crippen molar-refractivity contribution in [2.45, 2.75) is 63.2 Å². The number of benzene rings is 1. The smallest absolute Gasteiger partial charge is 0.251 e. The molecule has 2 aliphatic rings. The molecule has 4 heteroatoms. The predicted molar refractivity (Wildman–Crippen MR) is 91.1 cm³/mol. The summed E-state index contributed by atoms with van der Waals surface area (Å²) >= 11 is 0. The molecule has 0 radical (unpaired) electrons. The van der Waals surface area contributed by atoms with Gasteiger partial charge in [0.1, 0.15) is 6.10 Å². The molecule has 2 fully saturated rings. The average molecular weight is 316 g/mol. The first-order valence-electron chi connectivity index (χ1n) is 8.98. The van der Waals surface area contributed by atoms with E-state index in [1.807, 2.05) is 6.07 Å². The number of ether oxygens (including phenoxy) is 1. The van der Waals surface area contributed by atoms with Crippen molar-refractivity contribution < 1.29 is 9.53 Å². The van der Waals surface area contributed by atoms with Gasteiger partial charge in [-0.1, -0.05) is 43.2 Å². The van der Waals surface area contributed by atoms with E-state index in [9.17, 15) is 4.79 Å². The van der Waals surface area contributed by atoms with E-state index in [-0.39, 0.29) is 18.1 Å². The van der Waals surface area contributed by atoms with Gasteiger partial charge < -0.3 is 15.4 Å². The van der Waals surface area contributed by atoms with Crippen molar-refractivity contribution in [3.63, 3.8) is 0 Å².